The first-order chi connectivity index (χ1) is 11.6. The summed E-state index contributed by atoms with van der Waals surface area (Å²) in [6.07, 6.45) is 4.84. The van der Waals surface area contributed by atoms with Crippen molar-refractivity contribution in [1.29, 1.82) is 0 Å². The van der Waals surface area contributed by atoms with Crippen molar-refractivity contribution in [3.63, 3.8) is 0 Å². The zero-order valence-electron chi connectivity index (χ0n) is 13.6. The van der Waals surface area contributed by atoms with E-state index in [-0.39, 0.29) is 11.5 Å². The van der Waals surface area contributed by atoms with Crippen molar-refractivity contribution >= 4 is 22.5 Å². The van der Waals surface area contributed by atoms with E-state index >= 15 is 0 Å². The summed E-state index contributed by atoms with van der Waals surface area (Å²) in [7, 11) is 1.81. The maximum atomic E-state index is 11.7. The van der Waals surface area contributed by atoms with Crippen LogP contribution in [0, 0.1) is 10.1 Å². The van der Waals surface area contributed by atoms with Crippen LogP contribution in [0.1, 0.15) is 19.8 Å². The summed E-state index contributed by atoms with van der Waals surface area (Å²) in [5.74, 6) is 0.540. The zero-order chi connectivity index (χ0) is 17.1. The standard InChI is InChI=1S/C16H18N6O2/c1-3-4-9-20(2)15-14(22(23)24)16(18-10-17-15)21-11-19-12-7-5-6-8-13(12)21/h5-8,10-11H,3-4,9H2,1-2H3. The molecule has 8 nitrogen and oxygen atoms in total. The normalized spacial score (nSPS) is 10.9. The third-order valence-electron chi connectivity index (χ3n) is 3.86. The summed E-state index contributed by atoms with van der Waals surface area (Å²) in [5.41, 5.74) is 1.41. The maximum absolute atomic E-state index is 11.7. The number of hydrogen-bond acceptors (Lipinski definition) is 6. The van der Waals surface area contributed by atoms with Crippen molar-refractivity contribution in [3.05, 3.63) is 47.0 Å². The van der Waals surface area contributed by atoms with E-state index in [0.29, 0.717) is 12.4 Å². The molecule has 8 heteroatoms. The van der Waals surface area contributed by atoms with Gasteiger partial charge in [0.1, 0.15) is 12.7 Å². The Bertz CT molecular complexity index is 876. The topological polar surface area (TPSA) is 90.0 Å². The molecule has 2 heterocycles. The Balaban J connectivity index is 2.16. The van der Waals surface area contributed by atoms with E-state index in [0.717, 1.165) is 23.9 Å². The lowest BCUT2D eigenvalue weighted by atomic mass is 10.3. The number of nitrogens with zero attached hydrogens (tertiary/aromatic N) is 6. The highest BCUT2D eigenvalue weighted by Crippen LogP contribution is 2.31. The SMILES string of the molecule is CCCCN(C)c1ncnc(-n2cnc3ccccc32)c1[N+](=O)[O-]. The summed E-state index contributed by atoms with van der Waals surface area (Å²) in [5, 5.41) is 11.7. The second kappa shape index (κ2) is 6.61. The summed E-state index contributed by atoms with van der Waals surface area (Å²) in [4.78, 5) is 25.7. The monoisotopic (exact) mass is 326 g/mol. The quantitative estimate of drug-likeness (QED) is 0.511. The molecule has 3 aromatic rings. The molecule has 1 aromatic carbocycles. The first kappa shape index (κ1) is 15.9. The average molecular weight is 326 g/mol. The zero-order valence-corrected chi connectivity index (χ0v) is 13.6. The summed E-state index contributed by atoms with van der Waals surface area (Å²) in [6.45, 7) is 2.77. The molecule has 124 valence electrons. The number of para-hydroxylation sites is 2. The largest absolute Gasteiger partial charge is 0.354 e. The van der Waals surface area contributed by atoms with E-state index in [4.69, 9.17) is 0 Å². The molecule has 0 amide bonds. The first-order valence-electron chi connectivity index (χ1n) is 7.76. The van der Waals surface area contributed by atoms with Crippen LogP contribution in [0.15, 0.2) is 36.9 Å². The molecule has 0 aliphatic rings. The van der Waals surface area contributed by atoms with Crippen molar-refractivity contribution < 1.29 is 4.92 Å². The fourth-order valence-electron chi connectivity index (χ4n) is 2.61. The predicted molar refractivity (Wildman–Crippen MR) is 91.5 cm³/mol. The number of rotatable bonds is 6. The highest BCUT2D eigenvalue weighted by molar-refractivity contribution is 5.79. The van der Waals surface area contributed by atoms with Gasteiger partial charge in [0.15, 0.2) is 0 Å². The number of benzene rings is 1. The van der Waals surface area contributed by atoms with E-state index < -0.39 is 4.92 Å². The van der Waals surface area contributed by atoms with Crippen LogP contribution in [-0.4, -0.2) is 38.0 Å². The van der Waals surface area contributed by atoms with E-state index in [1.54, 1.807) is 22.8 Å². The van der Waals surface area contributed by atoms with Crippen molar-refractivity contribution in [3.8, 4) is 5.82 Å². The van der Waals surface area contributed by atoms with Gasteiger partial charge in [-0.05, 0) is 18.6 Å². The minimum absolute atomic E-state index is 0.112. The van der Waals surface area contributed by atoms with Crippen LogP contribution in [0.25, 0.3) is 16.9 Å². The molecule has 0 saturated heterocycles. The van der Waals surface area contributed by atoms with Gasteiger partial charge in [0.05, 0.1) is 16.0 Å². The van der Waals surface area contributed by atoms with Crippen LogP contribution < -0.4 is 4.90 Å². The van der Waals surface area contributed by atoms with Gasteiger partial charge in [0, 0.05) is 13.6 Å². The second-order valence-corrected chi connectivity index (χ2v) is 5.50. The summed E-state index contributed by atoms with van der Waals surface area (Å²) in [6, 6.07) is 7.45. The first-order valence-corrected chi connectivity index (χ1v) is 7.76. The third kappa shape index (κ3) is 2.78. The Morgan fingerprint density at radius 2 is 2.04 bits per heavy atom. The lowest BCUT2D eigenvalue weighted by Gasteiger charge is -2.18. The Kier molecular flexibility index (Phi) is 4.37. The molecule has 0 fully saturated rings. The third-order valence-corrected chi connectivity index (χ3v) is 3.86. The molecule has 0 N–H and O–H groups in total. The van der Waals surface area contributed by atoms with Crippen LogP contribution in [0.5, 0.6) is 0 Å². The van der Waals surface area contributed by atoms with Gasteiger partial charge in [-0.15, -0.1) is 0 Å². The fourth-order valence-corrected chi connectivity index (χ4v) is 2.61. The Morgan fingerprint density at radius 1 is 1.25 bits per heavy atom. The summed E-state index contributed by atoms with van der Waals surface area (Å²) >= 11 is 0. The minimum Gasteiger partial charge on any atom is -0.354 e. The van der Waals surface area contributed by atoms with Crippen LogP contribution in [0.4, 0.5) is 11.5 Å². The Hall–Kier alpha value is -3.03. The number of fused-ring (bicyclic) bond motifs is 1. The number of aromatic nitrogens is 4. The van der Waals surface area contributed by atoms with E-state index in [9.17, 15) is 10.1 Å². The minimum atomic E-state index is -0.429. The van der Waals surface area contributed by atoms with Gasteiger partial charge >= 0.3 is 5.69 Å². The number of nitro groups is 1. The van der Waals surface area contributed by atoms with Crippen molar-refractivity contribution in [2.45, 2.75) is 19.8 Å². The molecule has 0 spiro atoms. The molecular formula is C16H18N6O2. The molecule has 24 heavy (non-hydrogen) atoms. The van der Waals surface area contributed by atoms with Crippen molar-refractivity contribution in [2.24, 2.45) is 0 Å². The molecular weight excluding hydrogens is 308 g/mol. The molecule has 0 atom stereocenters. The number of imidazole rings is 1. The fraction of sp³-hybridized carbons (Fsp3) is 0.312. The van der Waals surface area contributed by atoms with Gasteiger partial charge in [-0.1, -0.05) is 25.5 Å². The Labute approximate surface area is 138 Å². The van der Waals surface area contributed by atoms with Gasteiger partial charge in [-0.2, -0.15) is 0 Å². The highest BCUT2D eigenvalue weighted by atomic mass is 16.6. The van der Waals surface area contributed by atoms with Crippen LogP contribution in [0.2, 0.25) is 0 Å². The van der Waals surface area contributed by atoms with Crippen LogP contribution in [-0.2, 0) is 0 Å². The molecule has 0 aliphatic carbocycles. The van der Waals surface area contributed by atoms with Gasteiger partial charge in [-0.3, -0.25) is 14.7 Å². The molecule has 0 radical (unpaired) electrons. The van der Waals surface area contributed by atoms with Gasteiger partial charge in [-0.25, -0.2) is 15.0 Å². The van der Waals surface area contributed by atoms with Gasteiger partial charge in [0.25, 0.3) is 0 Å². The molecule has 3 rings (SSSR count). The number of hydrogen-bond donors (Lipinski definition) is 0. The lowest BCUT2D eigenvalue weighted by Crippen LogP contribution is -2.22. The molecule has 0 aliphatic heterocycles. The number of unbranched alkanes of at least 4 members (excludes halogenated alkanes) is 1. The van der Waals surface area contributed by atoms with E-state index in [2.05, 4.69) is 21.9 Å². The molecule has 0 saturated carbocycles. The maximum Gasteiger partial charge on any atom is 0.354 e. The predicted octanol–water partition coefficient (Wildman–Crippen LogP) is 2.96. The van der Waals surface area contributed by atoms with E-state index in [1.165, 1.54) is 6.33 Å². The molecule has 0 unspecified atom stereocenters. The lowest BCUT2D eigenvalue weighted by molar-refractivity contribution is -0.384. The van der Waals surface area contributed by atoms with Crippen molar-refractivity contribution in [1.82, 2.24) is 19.5 Å². The van der Waals surface area contributed by atoms with Crippen LogP contribution >= 0.6 is 0 Å². The van der Waals surface area contributed by atoms with Crippen LogP contribution in [0.3, 0.4) is 0 Å². The molecule has 0 bridgehead atoms. The highest BCUT2D eigenvalue weighted by Gasteiger charge is 2.27. The number of anilines is 1. The van der Waals surface area contributed by atoms with E-state index in [1.807, 2.05) is 24.3 Å². The van der Waals surface area contributed by atoms with Crippen molar-refractivity contribution in [2.75, 3.05) is 18.5 Å². The smallest absolute Gasteiger partial charge is 0.354 e. The van der Waals surface area contributed by atoms with Gasteiger partial charge in [0.2, 0.25) is 11.6 Å². The molecule has 2 aromatic heterocycles. The summed E-state index contributed by atoms with van der Waals surface area (Å²) < 4.78 is 1.63. The second-order valence-electron chi connectivity index (χ2n) is 5.50. The average Bonchev–Trinajstić information content (AvgIpc) is 3.02. The Morgan fingerprint density at radius 3 is 2.79 bits per heavy atom. The van der Waals surface area contributed by atoms with Gasteiger partial charge < -0.3 is 4.90 Å².